The van der Waals surface area contributed by atoms with Crippen molar-refractivity contribution in [2.45, 2.75) is 19.4 Å². The number of carboxylic acid groups (broad SMARTS) is 1. The van der Waals surface area contributed by atoms with Crippen LogP contribution in [0.15, 0.2) is 24.3 Å². The molecule has 9 heteroatoms. The van der Waals surface area contributed by atoms with E-state index in [0.717, 1.165) is 70.9 Å². The fourth-order valence-electron chi connectivity index (χ4n) is 3.58. The zero-order valence-electron chi connectivity index (χ0n) is 17.7. The van der Waals surface area contributed by atoms with Crippen LogP contribution in [0.2, 0.25) is 0 Å². The average molecular weight is 422 g/mol. The van der Waals surface area contributed by atoms with Gasteiger partial charge in [0.1, 0.15) is 6.73 Å². The summed E-state index contributed by atoms with van der Waals surface area (Å²) in [6.45, 7) is 8.00. The van der Waals surface area contributed by atoms with Crippen LogP contribution in [0.3, 0.4) is 0 Å². The van der Waals surface area contributed by atoms with E-state index in [1.165, 1.54) is 5.56 Å². The maximum absolute atomic E-state index is 11.2. The van der Waals surface area contributed by atoms with Crippen molar-refractivity contribution in [1.82, 2.24) is 20.0 Å². The molecule has 0 aliphatic carbocycles. The van der Waals surface area contributed by atoms with Gasteiger partial charge in [-0.2, -0.15) is 0 Å². The molecule has 0 amide bonds. The number of hydrogen-bond acceptors (Lipinski definition) is 8. The highest BCUT2D eigenvalue weighted by Crippen LogP contribution is 2.10. The van der Waals surface area contributed by atoms with E-state index >= 15 is 0 Å². The van der Waals surface area contributed by atoms with Gasteiger partial charge in [0, 0.05) is 45.0 Å². The van der Waals surface area contributed by atoms with E-state index in [4.69, 9.17) is 10.5 Å². The molecule has 2 rings (SSSR count). The summed E-state index contributed by atoms with van der Waals surface area (Å²) >= 11 is 0. The molecule has 1 heterocycles. The molecule has 1 fully saturated rings. The van der Waals surface area contributed by atoms with Crippen LogP contribution in [0.4, 0.5) is 5.69 Å². The molecule has 0 unspecified atom stereocenters. The van der Waals surface area contributed by atoms with Crippen LogP contribution in [0, 0.1) is 0 Å². The first kappa shape index (κ1) is 24.1. The first-order valence-corrected chi connectivity index (χ1v) is 10.6. The molecule has 1 aromatic carbocycles. The van der Waals surface area contributed by atoms with Gasteiger partial charge in [0.05, 0.1) is 6.54 Å². The smallest absolute Gasteiger partial charge is 0.317 e. The van der Waals surface area contributed by atoms with E-state index in [1.54, 1.807) is 0 Å². The normalized spacial score (nSPS) is 19.1. The molecule has 1 aliphatic heterocycles. The maximum Gasteiger partial charge on any atom is 0.317 e. The minimum Gasteiger partial charge on any atom is -0.480 e. The Kier molecular flexibility index (Phi) is 11.2. The van der Waals surface area contributed by atoms with Gasteiger partial charge in [-0.25, -0.2) is 0 Å². The Hall–Kier alpha value is -2.20. The second kappa shape index (κ2) is 13.9. The van der Waals surface area contributed by atoms with Crippen molar-refractivity contribution in [3.05, 3.63) is 29.8 Å². The third-order valence-electron chi connectivity index (χ3n) is 5.18. The summed E-state index contributed by atoms with van der Waals surface area (Å²) in [7, 11) is 0. The fraction of sp³-hybridized carbons (Fsp3) is 0.619. The molecule has 30 heavy (non-hydrogen) atoms. The van der Waals surface area contributed by atoms with E-state index in [2.05, 4.69) is 15.1 Å². The second-order valence-electron chi connectivity index (χ2n) is 7.65. The molecule has 0 aromatic heterocycles. The van der Waals surface area contributed by atoms with Crippen molar-refractivity contribution < 1.29 is 19.4 Å². The predicted octanol–water partition coefficient (Wildman–Crippen LogP) is 0.273. The third-order valence-corrected chi connectivity index (χ3v) is 5.18. The number of carbonyl (C=O) groups excluding carboxylic acids is 1. The summed E-state index contributed by atoms with van der Waals surface area (Å²) in [5.74, 6) is -0.792. The van der Waals surface area contributed by atoms with E-state index < -0.39 is 5.97 Å². The second-order valence-corrected chi connectivity index (χ2v) is 7.65. The Bertz CT molecular complexity index is 628. The monoisotopic (exact) mass is 421 g/mol. The first-order chi connectivity index (χ1) is 14.6. The Balaban J connectivity index is 2.01. The number of nitrogens with zero attached hydrogens (tertiary/aromatic N) is 3. The van der Waals surface area contributed by atoms with Crippen LogP contribution in [0.5, 0.6) is 0 Å². The van der Waals surface area contributed by atoms with E-state index in [0.29, 0.717) is 19.7 Å². The van der Waals surface area contributed by atoms with Crippen LogP contribution in [0.1, 0.15) is 18.4 Å². The number of carbonyl (C=O) groups is 2. The van der Waals surface area contributed by atoms with Gasteiger partial charge in [-0.15, -0.1) is 0 Å². The van der Waals surface area contributed by atoms with E-state index in [1.807, 2.05) is 29.2 Å². The lowest BCUT2D eigenvalue weighted by Crippen LogP contribution is -2.41. The Morgan fingerprint density at radius 1 is 1.00 bits per heavy atom. The highest BCUT2D eigenvalue weighted by molar-refractivity contribution is 5.69. The van der Waals surface area contributed by atoms with Crippen LogP contribution in [0.25, 0.3) is 0 Å². The van der Waals surface area contributed by atoms with Gasteiger partial charge in [-0.3, -0.25) is 24.3 Å². The standard InChI is InChI=1S/C21H35N5O4/c22-20-5-3-19(4-6-20)15-24-10-2-11-26(17-30-18-27)12-8-23-7-1-9-25(14-13-24)16-21(28)29/h3-6,18,23H,1-2,7-17,22H2,(H,28,29). The Morgan fingerprint density at radius 2 is 1.70 bits per heavy atom. The number of rotatable bonds is 7. The lowest BCUT2D eigenvalue weighted by molar-refractivity contribution is -0.138. The van der Waals surface area contributed by atoms with Gasteiger partial charge in [-0.05, 0) is 50.2 Å². The number of benzene rings is 1. The maximum atomic E-state index is 11.2. The van der Waals surface area contributed by atoms with Gasteiger partial charge in [0.25, 0.3) is 6.47 Å². The number of hydrogen-bond donors (Lipinski definition) is 3. The van der Waals surface area contributed by atoms with Crippen molar-refractivity contribution in [2.24, 2.45) is 0 Å². The number of ether oxygens (including phenoxy) is 1. The number of nitrogens with one attached hydrogen (secondary N) is 1. The molecule has 9 nitrogen and oxygen atoms in total. The largest absolute Gasteiger partial charge is 0.480 e. The van der Waals surface area contributed by atoms with Crippen LogP contribution in [-0.2, 0) is 20.9 Å². The van der Waals surface area contributed by atoms with Gasteiger partial charge in [0.2, 0.25) is 0 Å². The van der Waals surface area contributed by atoms with Crippen molar-refractivity contribution in [1.29, 1.82) is 0 Å². The molecule has 0 radical (unpaired) electrons. The molecule has 168 valence electrons. The average Bonchev–Trinajstić information content (AvgIpc) is 2.72. The summed E-state index contributed by atoms with van der Waals surface area (Å²) in [4.78, 5) is 28.3. The quantitative estimate of drug-likeness (QED) is 0.422. The minimum atomic E-state index is -0.792. The Labute approximate surface area is 178 Å². The SMILES string of the molecule is Nc1ccc(CN2CCCN(COC=O)CCNCCCN(CC(=O)O)CC2)cc1. The highest BCUT2D eigenvalue weighted by Gasteiger charge is 2.14. The number of nitrogen functional groups attached to an aromatic ring is 1. The molecule has 0 bridgehead atoms. The summed E-state index contributed by atoms with van der Waals surface area (Å²) < 4.78 is 4.96. The number of nitrogens with two attached hydrogens (primary N) is 1. The lowest BCUT2D eigenvalue weighted by Gasteiger charge is -2.29. The molecule has 1 aliphatic rings. The van der Waals surface area contributed by atoms with Gasteiger partial charge in [0.15, 0.2) is 0 Å². The molecular formula is C21H35N5O4. The topological polar surface area (TPSA) is 111 Å². The summed E-state index contributed by atoms with van der Waals surface area (Å²) in [5, 5.41) is 12.6. The zero-order valence-corrected chi connectivity index (χ0v) is 17.7. The van der Waals surface area contributed by atoms with Crippen molar-refractivity contribution in [3.8, 4) is 0 Å². The lowest BCUT2D eigenvalue weighted by atomic mass is 10.2. The molecule has 0 spiro atoms. The molecular weight excluding hydrogens is 386 g/mol. The predicted molar refractivity (Wildman–Crippen MR) is 116 cm³/mol. The fourth-order valence-corrected chi connectivity index (χ4v) is 3.58. The van der Waals surface area contributed by atoms with Gasteiger partial charge in [-0.1, -0.05) is 12.1 Å². The van der Waals surface area contributed by atoms with Gasteiger partial charge < -0.3 is 20.9 Å². The Morgan fingerprint density at radius 3 is 2.43 bits per heavy atom. The molecule has 0 saturated carbocycles. The van der Waals surface area contributed by atoms with Crippen molar-refractivity contribution in [3.63, 3.8) is 0 Å². The molecule has 0 atom stereocenters. The molecule has 1 saturated heterocycles. The summed E-state index contributed by atoms with van der Waals surface area (Å²) in [5.41, 5.74) is 7.72. The highest BCUT2D eigenvalue weighted by atomic mass is 16.5. The van der Waals surface area contributed by atoms with Crippen molar-refractivity contribution in [2.75, 3.05) is 71.4 Å². The first-order valence-electron chi connectivity index (χ1n) is 10.6. The van der Waals surface area contributed by atoms with Gasteiger partial charge >= 0.3 is 5.97 Å². The van der Waals surface area contributed by atoms with E-state index in [9.17, 15) is 14.7 Å². The van der Waals surface area contributed by atoms with E-state index in [-0.39, 0.29) is 6.54 Å². The number of anilines is 1. The summed E-state index contributed by atoms with van der Waals surface area (Å²) in [6.07, 6.45) is 1.81. The summed E-state index contributed by atoms with van der Waals surface area (Å²) in [6, 6.07) is 7.88. The van der Waals surface area contributed by atoms with Crippen LogP contribution >= 0.6 is 0 Å². The van der Waals surface area contributed by atoms with Crippen LogP contribution < -0.4 is 11.1 Å². The number of carboxylic acids is 1. The zero-order chi connectivity index (χ0) is 21.6. The molecule has 1 aromatic rings. The minimum absolute atomic E-state index is 0.0620. The number of aliphatic carboxylic acids is 1. The van der Waals surface area contributed by atoms with Crippen LogP contribution in [-0.4, -0.2) is 97.9 Å². The molecule has 4 N–H and O–H groups in total. The third kappa shape index (κ3) is 10.0. The van der Waals surface area contributed by atoms with Crippen molar-refractivity contribution >= 4 is 18.1 Å².